The summed E-state index contributed by atoms with van der Waals surface area (Å²) in [6, 6.07) is 3.56. The summed E-state index contributed by atoms with van der Waals surface area (Å²) in [4.78, 5) is 18.1. The number of allylic oxidation sites excluding steroid dienone is 1. The number of carbonyl (C=O) groups excluding carboxylic acids is 1. The van der Waals surface area contributed by atoms with Gasteiger partial charge in [-0.2, -0.15) is 0 Å². The largest absolute Gasteiger partial charge is 0.396 e. The summed E-state index contributed by atoms with van der Waals surface area (Å²) in [5, 5.41) is 9.66. The average molecular weight is 361 g/mol. The number of nitrogens with zero attached hydrogens (tertiary/aromatic N) is 2. The van der Waals surface area contributed by atoms with Gasteiger partial charge in [-0.15, -0.1) is 0 Å². The van der Waals surface area contributed by atoms with Crippen molar-refractivity contribution in [3.05, 3.63) is 39.6 Å². The number of pyridine rings is 1. The SMILES string of the molecule is CCCSS/C(CCO)=C(/C)N(C=O)Cc1ccc(Cl)nc1. The van der Waals surface area contributed by atoms with E-state index < -0.39 is 0 Å². The predicted molar refractivity (Wildman–Crippen MR) is 95.6 cm³/mol. The van der Waals surface area contributed by atoms with Crippen LogP contribution >= 0.6 is 33.2 Å². The van der Waals surface area contributed by atoms with Crippen molar-refractivity contribution in [1.29, 1.82) is 0 Å². The second-order valence-corrected chi connectivity index (χ2v) is 7.51. The second-order valence-electron chi connectivity index (χ2n) is 4.61. The van der Waals surface area contributed by atoms with E-state index in [9.17, 15) is 9.90 Å². The maximum absolute atomic E-state index is 11.4. The summed E-state index contributed by atoms with van der Waals surface area (Å²) in [7, 11) is 3.38. The average Bonchev–Trinajstić information content (AvgIpc) is 2.53. The van der Waals surface area contributed by atoms with Crippen LogP contribution in [0.4, 0.5) is 0 Å². The first-order valence-corrected chi connectivity index (χ1v) is 9.74. The lowest BCUT2D eigenvalue weighted by atomic mass is 10.2. The van der Waals surface area contributed by atoms with Crippen LogP contribution in [-0.4, -0.2) is 33.8 Å². The van der Waals surface area contributed by atoms with Crippen molar-refractivity contribution in [1.82, 2.24) is 9.88 Å². The standard InChI is InChI=1S/C15H21ClN2O2S2/c1-3-8-21-22-14(6-7-19)12(2)18(11-20)10-13-4-5-15(16)17-9-13/h4-5,9,11,19H,3,6-8,10H2,1-2H3/b14-12-. The Bertz CT molecular complexity index is 495. The molecule has 0 aliphatic rings. The van der Waals surface area contributed by atoms with E-state index in [1.807, 2.05) is 13.0 Å². The molecule has 0 radical (unpaired) electrons. The molecule has 0 atom stereocenters. The molecule has 0 spiro atoms. The van der Waals surface area contributed by atoms with Crippen molar-refractivity contribution < 1.29 is 9.90 Å². The number of amides is 1. The van der Waals surface area contributed by atoms with Gasteiger partial charge in [0.25, 0.3) is 0 Å². The Morgan fingerprint density at radius 3 is 2.82 bits per heavy atom. The first-order chi connectivity index (χ1) is 10.6. The van der Waals surface area contributed by atoms with Gasteiger partial charge in [0.1, 0.15) is 5.15 Å². The third-order valence-electron chi connectivity index (χ3n) is 2.89. The Morgan fingerprint density at radius 2 is 2.27 bits per heavy atom. The molecule has 22 heavy (non-hydrogen) atoms. The van der Waals surface area contributed by atoms with Crippen LogP contribution in [0.2, 0.25) is 5.15 Å². The minimum atomic E-state index is 0.0710. The lowest BCUT2D eigenvalue weighted by Crippen LogP contribution is -2.20. The van der Waals surface area contributed by atoms with E-state index in [1.54, 1.807) is 38.8 Å². The molecule has 1 aromatic heterocycles. The Balaban J connectivity index is 2.84. The molecular weight excluding hydrogens is 340 g/mol. The number of halogens is 1. The van der Waals surface area contributed by atoms with Crippen molar-refractivity contribution in [2.75, 3.05) is 12.4 Å². The monoisotopic (exact) mass is 360 g/mol. The van der Waals surface area contributed by atoms with E-state index >= 15 is 0 Å². The molecule has 0 saturated heterocycles. The lowest BCUT2D eigenvalue weighted by molar-refractivity contribution is -0.116. The highest BCUT2D eigenvalue weighted by Crippen LogP contribution is 2.35. The van der Waals surface area contributed by atoms with Crippen LogP contribution in [-0.2, 0) is 11.3 Å². The molecule has 0 unspecified atom stereocenters. The quantitative estimate of drug-likeness (QED) is 0.294. The van der Waals surface area contributed by atoms with Gasteiger partial charge in [0, 0.05) is 35.6 Å². The Kier molecular flexibility index (Phi) is 9.63. The van der Waals surface area contributed by atoms with Gasteiger partial charge in [-0.25, -0.2) is 4.98 Å². The molecule has 1 amide bonds. The van der Waals surface area contributed by atoms with Gasteiger partial charge in [0.2, 0.25) is 6.41 Å². The van der Waals surface area contributed by atoms with Gasteiger partial charge in [0.05, 0.1) is 6.54 Å². The molecule has 0 saturated carbocycles. The fourth-order valence-electron chi connectivity index (χ4n) is 1.67. The highest BCUT2D eigenvalue weighted by Gasteiger charge is 2.12. The molecule has 0 aliphatic heterocycles. The van der Waals surface area contributed by atoms with Crippen LogP contribution in [0.25, 0.3) is 0 Å². The third kappa shape index (κ3) is 6.60. The minimum absolute atomic E-state index is 0.0710. The number of hydrogen-bond acceptors (Lipinski definition) is 5. The molecule has 7 heteroatoms. The van der Waals surface area contributed by atoms with Crippen LogP contribution in [0.5, 0.6) is 0 Å². The van der Waals surface area contributed by atoms with Crippen LogP contribution in [0, 0.1) is 0 Å². The number of aliphatic hydroxyl groups is 1. The molecule has 1 rings (SSSR count). The first-order valence-electron chi connectivity index (χ1n) is 7.04. The maximum Gasteiger partial charge on any atom is 0.214 e. The molecular formula is C15H21ClN2O2S2. The van der Waals surface area contributed by atoms with E-state index in [0.29, 0.717) is 18.1 Å². The summed E-state index contributed by atoms with van der Waals surface area (Å²) in [5.41, 5.74) is 1.78. The summed E-state index contributed by atoms with van der Waals surface area (Å²) in [6.45, 7) is 4.54. The van der Waals surface area contributed by atoms with Gasteiger partial charge >= 0.3 is 0 Å². The van der Waals surface area contributed by atoms with Gasteiger partial charge in [-0.1, -0.05) is 46.2 Å². The van der Waals surface area contributed by atoms with Crippen molar-refractivity contribution in [2.45, 2.75) is 33.2 Å². The predicted octanol–water partition coefficient (Wildman–Crippen LogP) is 4.10. The number of rotatable bonds is 10. The summed E-state index contributed by atoms with van der Waals surface area (Å²) in [6.07, 6.45) is 4.12. The van der Waals surface area contributed by atoms with Crippen LogP contribution in [0.15, 0.2) is 28.9 Å². The number of aliphatic hydroxyl groups excluding tert-OH is 1. The van der Waals surface area contributed by atoms with E-state index in [0.717, 1.165) is 34.7 Å². The molecule has 0 aromatic carbocycles. The Morgan fingerprint density at radius 1 is 1.50 bits per heavy atom. The number of carbonyl (C=O) groups is 1. The second kappa shape index (κ2) is 10.9. The normalized spacial score (nSPS) is 12.0. The Hall–Kier alpha value is -0.690. The van der Waals surface area contributed by atoms with E-state index in [-0.39, 0.29) is 6.61 Å². The van der Waals surface area contributed by atoms with Crippen molar-refractivity contribution in [3.63, 3.8) is 0 Å². The molecule has 0 fully saturated rings. The summed E-state index contributed by atoms with van der Waals surface area (Å²) < 4.78 is 0. The number of hydrogen-bond donors (Lipinski definition) is 1. The van der Waals surface area contributed by atoms with Crippen molar-refractivity contribution >= 4 is 39.6 Å². The Labute approximate surface area is 144 Å². The molecule has 0 bridgehead atoms. The van der Waals surface area contributed by atoms with Crippen LogP contribution < -0.4 is 0 Å². The fraction of sp³-hybridized carbons (Fsp3) is 0.467. The van der Waals surface area contributed by atoms with Crippen LogP contribution in [0.3, 0.4) is 0 Å². The first kappa shape index (κ1) is 19.4. The topological polar surface area (TPSA) is 53.4 Å². The van der Waals surface area contributed by atoms with Gasteiger partial charge in [0.15, 0.2) is 0 Å². The fourth-order valence-corrected chi connectivity index (χ4v) is 4.38. The highest BCUT2D eigenvalue weighted by atomic mass is 35.5. The van der Waals surface area contributed by atoms with Gasteiger partial charge in [-0.05, 0) is 25.0 Å². The van der Waals surface area contributed by atoms with Crippen LogP contribution in [0.1, 0.15) is 32.3 Å². The minimum Gasteiger partial charge on any atom is -0.396 e. The van der Waals surface area contributed by atoms with Gasteiger partial charge in [-0.3, -0.25) is 4.79 Å². The van der Waals surface area contributed by atoms with E-state index in [2.05, 4.69) is 11.9 Å². The zero-order valence-corrected chi connectivity index (χ0v) is 15.2. The van der Waals surface area contributed by atoms with Gasteiger partial charge < -0.3 is 10.0 Å². The molecule has 4 nitrogen and oxygen atoms in total. The molecule has 122 valence electrons. The molecule has 1 N–H and O–H groups in total. The number of aromatic nitrogens is 1. The lowest BCUT2D eigenvalue weighted by Gasteiger charge is -2.21. The smallest absolute Gasteiger partial charge is 0.214 e. The summed E-state index contributed by atoms with van der Waals surface area (Å²) in [5.74, 6) is 1.04. The highest BCUT2D eigenvalue weighted by molar-refractivity contribution is 8.78. The van der Waals surface area contributed by atoms with E-state index in [4.69, 9.17) is 11.6 Å². The molecule has 1 aromatic rings. The van der Waals surface area contributed by atoms with Crippen molar-refractivity contribution in [2.24, 2.45) is 0 Å². The maximum atomic E-state index is 11.4. The van der Waals surface area contributed by atoms with Crippen molar-refractivity contribution in [3.8, 4) is 0 Å². The third-order valence-corrected chi connectivity index (χ3v) is 5.96. The molecule has 0 aliphatic carbocycles. The molecule has 1 heterocycles. The zero-order chi connectivity index (χ0) is 16.4. The summed E-state index contributed by atoms with van der Waals surface area (Å²) >= 11 is 5.77. The zero-order valence-electron chi connectivity index (χ0n) is 12.8. The van der Waals surface area contributed by atoms with E-state index in [1.165, 1.54) is 0 Å².